The van der Waals surface area contributed by atoms with E-state index in [1.165, 1.54) is 31.2 Å². The Morgan fingerprint density at radius 2 is 1.86 bits per heavy atom. The van der Waals surface area contributed by atoms with E-state index in [1.54, 1.807) is 0 Å². The van der Waals surface area contributed by atoms with E-state index in [9.17, 15) is 0 Å². The van der Waals surface area contributed by atoms with E-state index in [1.807, 2.05) is 19.1 Å². The summed E-state index contributed by atoms with van der Waals surface area (Å²) in [6.45, 7) is 2.86. The molecule has 1 saturated carbocycles. The van der Waals surface area contributed by atoms with Gasteiger partial charge in [0.15, 0.2) is 0 Å². The molecule has 3 rings (SSSR count). The Bertz CT molecular complexity index is 591. The molecule has 0 aliphatic heterocycles. The first kappa shape index (κ1) is 14.8. The molecule has 0 unspecified atom stereocenters. The highest BCUT2D eigenvalue weighted by molar-refractivity contribution is 5.43. The Morgan fingerprint density at radius 1 is 1.09 bits per heavy atom. The number of anilines is 2. The second kappa shape index (κ2) is 7.25. The van der Waals surface area contributed by atoms with E-state index in [4.69, 9.17) is 0 Å². The van der Waals surface area contributed by atoms with Gasteiger partial charge in [0.1, 0.15) is 5.82 Å². The van der Waals surface area contributed by atoms with Crippen LogP contribution in [0.2, 0.25) is 0 Å². The van der Waals surface area contributed by atoms with Gasteiger partial charge in [-0.15, -0.1) is 0 Å². The van der Waals surface area contributed by atoms with Crippen molar-refractivity contribution in [3.05, 3.63) is 47.7 Å². The Hall–Kier alpha value is -2.10. The average molecular weight is 296 g/mol. The van der Waals surface area contributed by atoms with Crippen LogP contribution in [-0.2, 0) is 6.42 Å². The van der Waals surface area contributed by atoms with Gasteiger partial charge >= 0.3 is 0 Å². The van der Waals surface area contributed by atoms with Crippen LogP contribution in [0.5, 0.6) is 0 Å². The molecule has 2 aromatic rings. The molecule has 1 aliphatic rings. The van der Waals surface area contributed by atoms with Gasteiger partial charge in [-0.2, -0.15) is 4.98 Å². The molecule has 1 aliphatic carbocycles. The number of nitrogens with zero attached hydrogens (tertiary/aromatic N) is 2. The van der Waals surface area contributed by atoms with Crippen LogP contribution in [0, 0.1) is 6.92 Å². The quantitative estimate of drug-likeness (QED) is 0.851. The molecule has 4 nitrogen and oxygen atoms in total. The molecule has 0 radical (unpaired) electrons. The van der Waals surface area contributed by atoms with Crippen LogP contribution in [-0.4, -0.2) is 22.6 Å². The SMILES string of the molecule is Cc1cc(NC2CCCC2)nc(NCCc2ccccc2)n1. The van der Waals surface area contributed by atoms with Gasteiger partial charge in [-0.05, 0) is 31.7 Å². The molecule has 0 saturated heterocycles. The highest BCUT2D eigenvalue weighted by Crippen LogP contribution is 2.22. The van der Waals surface area contributed by atoms with Crippen LogP contribution < -0.4 is 10.6 Å². The van der Waals surface area contributed by atoms with Crippen molar-refractivity contribution in [3.63, 3.8) is 0 Å². The zero-order chi connectivity index (χ0) is 15.2. The summed E-state index contributed by atoms with van der Waals surface area (Å²) < 4.78 is 0. The van der Waals surface area contributed by atoms with E-state index in [0.717, 1.165) is 30.4 Å². The van der Waals surface area contributed by atoms with Gasteiger partial charge in [0, 0.05) is 24.3 Å². The largest absolute Gasteiger partial charge is 0.367 e. The maximum absolute atomic E-state index is 4.59. The van der Waals surface area contributed by atoms with E-state index in [0.29, 0.717) is 6.04 Å². The van der Waals surface area contributed by atoms with E-state index >= 15 is 0 Å². The van der Waals surface area contributed by atoms with E-state index in [-0.39, 0.29) is 0 Å². The summed E-state index contributed by atoms with van der Waals surface area (Å²) in [5, 5.41) is 6.88. The summed E-state index contributed by atoms with van der Waals surface area (Å²) in [7, 11) is 0. The second-order valence-corrected chi connectivity index (χ2v) is 6.01. The van der Waals surface area contributed by atoms with Gasteiger partial charge in [0.05, 0.1) is 0 Å². The van der Waals surface area contributed by atoms with Gasteiger partial charge in [-0.1, -0.05) is 43.2 Å². The van der Waals surface area contributed by atoms with Gasteiger partial charge in [-0.3, -0.25) is 0 Å². The average Bonchev–Trinajstić information content (AvgIpc) is 3.01. The number of nitrogens with one attached hydrogen (secondary N) is 2. The van der Waals surface area contributed by atoms with Crippen molar-refractivity contribution in [2.45, 2.75) is 45.1 Å². The van der Waals surface area contributed by atoms with Gasteiger partial charge < -0.3 is 10.6 Å². The zero-order valence-corrected chi connectivity index (χ0v) is 13.2. The number of hydrogen-bond donors (Lipinski definition) is 2. The smallest absolute Gasteiger partial charge is 0.224 e. The number of hydrogen-bond acceptors (Lipinski definition) is 4. The van der Waals surface area contributed by atoms with Crippen molar-refractivity contribution in [1.82, 2.24) is 9.97 Å². The predicted octanol–water partition coefficient (Wildman–Crippen LogP) is 3.79. The summed E-state index contributed by atoms with van der Waals surface area (Å²) in [5.41, 5.74) is 2.32. The Kier molecular flexibility index (Phi) is 4.88. The Morgan fingerprint density at radius 3 is 2.64 bits per heavy atom. The van der Waals surface area contributed by atoms with E-state index in [2.05, 4.69) is 44.9 Å². The third-order valence-corrected chi connectivity index (χ3v) is 4.10. The van der Waals surface area contributed by atoms with Gasteiger partial charge in [-0.25, -0.2) is 4.98 Å². The summed E-state index contributed by atoms with van der Waals surface area (Å²) in [6.07, 6.45) is 6.12. The van der Waals surface area contributed by atoms with E-state index < -0.39 is 0 Å². The molecule has 116 valence electrons. The van der Waals surface area contributed by atoms with Gasteiger partial charge in [0.2, 0.25) is 5.95 Å². The lowest BCUT2D eigenvalue weighted by atomic mass is 10.1. The molecule has 0 amide bonds. The third kappa shape index (κ3) is 4.20. The first-order valence-corrected chi connectivity index (χ1v) is 8.19. The van der Waals surface area contributed by atoms with Crippen LogP contribution in [0.4, 0.5) is 11.8 Å². The summed E-state index contributed by atoms with van der Waals surface area (Å²) in [4.78, 5) is 9.07. The fraction of sp³-hybridized carbons (Fsp3) is 0.444. The lowest BCUT2D eigenvalue weighted by Crippen LogP contribution is -2.17. The van der Waals surface area contributed by atoms with Crippen LogP contribution in [0.25, 0.3) is 0 Å². The first-order chi connectivity index (χ1) is 10.8. The van der Waals surface area contributed by atoms with Crippen LogP contribution >= 0.6 is 0 Å². The molecule has 1 aromatic carbocycles. The lowest BCUT2D eigenvalue weighted by molar-refractivity contribution is 0.749. The highest BCUT2D eigenvalue weighted by Gasteiger charge is 2.15. The minimum atomic E-state index is 0.575. The third-order valence-electron chi connectivity index (χ3n) is 4.10. The standard InChI is InChI=1S/C18H24N4/c1-14-13-17(21-16-9-5-6-10-16)22-18(20-14)19-12-11-15-7-3-2-4-8-15/h2-4,7-8,13,16H,5-6,9-12H2,1H3,(H2,19,20,21,22). The second-order valence-electron chi connectivity index (χ2n) is 6.01. The van der Waals surface area contributed by atoms with Crippen molar-refractivity contribution >= 4 is 11.8 Å². The molecule has 4 heteroatoms. The number of aryl methyl sites for hydroxylation is 1. The number of rotatable bonds is 6. The van der Waals surface area contributed by atoms with Crippen LogP contribution in [0.15, 0.2) is 36.4 Å². The van der Waals surface area contributed by atoms with Crippen molar-refractivity contribution < 1.29 is 0 Å². The molecule has 1 heterocycles. The Balaban J connectivity index is 1.57. The molecule has 1 fully saturated rings. The van der Waals surface area contributed by atoms with Crippen molar-refractivity contribution in [2.75, 3.05) is 17.2 Å². The minimum Gasteiger partial charge on any atom is -0.367 e. The number of benzene rings is 1. The first-order valence-electron chi connectivity index (χ1n) is 8.19. The maximum atomic E-state index is 4.59. The van der Waals surface area contributed by atoms with Gasteiger partial charge in [0.25, 0.3) is 0 Å². The molecule has 0 bridgehead atoms. The molecule has 1 aromatic heterocycles. The zero-order valence-electron chi connectivity index (χ0n) is 13.2. The maximum Gasteiger partial charge on any atom is 0.224 e. The summed E-state index contributed by atoms with van der Waals surface area (Å²) in [5.74, 6) is 1.66. The number of aromatic nitrogens is 2. The lowest BCUT2D eigenvalue weighted by Gasteiger charge is -2.14. The summed E-state index contributed by atoms with van der Waals surface area (Å²) in [6, 6.07) is 13.1. The normalized spacial score (nSPS) is 15.0. The molecular weight excluding hydrogens is 272 g/mol. The van der Waals surface area contributed by atoms with Crippen molar-refractivity contribution in [3.8, 4) is 0 Å². The predicted molar refractivity (Wildman–Crippen MR) is 91.3 cm³/mol. The monoisotopic (exact) mass is 296 g/mol. The highest BCUT2D eigenvalue weighted by atomic mass is 15.1. The van der Waals surface area contributed by atoms with Crippen LogP contribution in [0.3, 0.4) is 0 Å². The molecule has 22 heavy (non-hydrogen) atoms. The topological polar surface area (TPSA) is 49.8 Å². The van der Waals surface area contributed by atoms with Crippen molar-refractivity contribution in [2.24, 2.45) is 0 Å². The summed E-state index contributed by atoms with van der Waals surface area (Å²) >= 11 is 0. The molecular formula is C18H24N4. The van der Waals surface area contributed by atoms with Crippen LogP contribution in [0.1, 0.15) is 36.9 Å². The fourth-order valence-electron chi connectivity index (χ4n) is 2.96. The molecule has 2 N–H and O–H groups in total. The Labute approximate surface area is 132 Å². The van der Waals surface area contributed by atoms with Crippen molar-refractivity contribution in [1.29, 1.82) is 0 Å². The fourth-order valence-corrected chi connectivity index (χ4v) is 2.96. The minimum absolute atomic E-state index is 0.575. The molecule has 0 spiro atoms. The molecule has 0 atom stereocenters.